The Balaban J connectivity index is 2.19. The summed E-state index contributed by atoms with van der Waals surface area (Å²) in [5.74, 6) is 0.846. The molecular weight excluding hydrogens is 200 g/mol. The van der Waals surface area contributed by atoms with Gasteiger partial charge in [0.2, 0.25) is 5.91 Å². The monoisotopic (exact) mass is 226 g/mol. The van der Waals surface area contributed by atoms with E-state index in [1.807, 2.05) is 0 Å². The molecule has 0 atom stereocenters. The number of carbonyl (C=O) groups is 1. The Morgan fingerprint density at radius 2 is 2.06 bits per heavy atom. The van der Waals surface area contributed by atoms with E-state index in [9.17, 15) is 4.79 Å². The lowest BCUT2D eigenvalue weighted by Gasteiger charge is -2.44. The average molecular weight is 226 g/mol. The summed E-state index contributed by atoms with van der Waals surface area (Å²) in [5.41, 5.74) is 5.49. The number of nitrogens with one attached hydrogen (secondary N) is 1. The van der Waals surface area contributed by atoms with Crippen LogP contribution in [0.15, 0.2) is 0 Å². The van der Waals surface area contributed by atoms with E-state index >= 15 is 0 Å². The molecule has 0 aliphatic heterocycles. The molecule has 0 bridgehead atoms. The molecule has 0 aromatic carbocycles. The molecule has 0 aromatic heterocycles. The lowest BCUT2D eigenvalue weighted by atomic mass is 9.62. The lowest BCUT2D eigenvalue weighted by Crippen LogP contribution is -2.53. The fraction of sp³-hybridized carbons (Fsp3) is 0.923. The molecule has 0 saturated heterocycles. The summed E-state index contributed by atoms with van der Waals surface area (Å²) in [6, 6.07) is 0. The van der Waals surface area contributed by atoms with Crippen molar-refractivity contribution >= 4 is 5.91 Å². The molecule has 1 rings (SSSR count). The molecule has 1 aliphatic carbocycles. The Morgan fingerprint density at radius 3 is 2.56 bits per heavy atom. The van der Waals surface area contributed by atoms with E-state index in [1.54, 1.807) is 0 Å². The highest BCUT2D eigenvalue weighted by Crippen LogP contribution is 2.44. The van der Waals surface area contributed by atoms with Crippen LogP contribution in [0.5, 0.6) is 0 Å². The first kappa shape index (κ1) is 13.5. The van der Waals surface area contributed by atoms with Crippen molar-refractivity contribution in [2.75, 3.05) is 13.1 Å². The molecule has 3 N–H and O–H groups in total. The maximum Gasteiger partial charge on any atom is 0.227 e. The molecule has 0 aromatic rings. The lowest BCUT2D eigenvalue weighted by molar-refractivity contribution is -0.138. The van der Waals surface area contributed by atoms with E-state index in [-0.39, 0.29) is 11.3 Å². The van der Waals surface area contributed by atoms with Crippen LogP contribution < -0.4 is 11.1 Å². The minimum Gasteiger partial charge on any atom is -0.356 e. The molecule has 1 amide bonds. The molecule has 1 aliphatic rings. The SMILES string of the molecule is CCCCCCNC(=O)C1(CN)CC(C)C1. The maximum absolute atomic E-state index is 12.0. The van der Waals surface area contributed by atoms with Gasteiger partial charge in [-0.3, -0.25) is 4.79 Å². The average Bonchev–Trinajstić information content (AvgIpc) is 2.24. The number of hydrogen-bond acceptors (Lipinski definition) is 2. The number of unbranched alkanes of at least 4 members (excludes halogenated alkanes) is 3. The van der Waals surface area contributed by atoms with E-state index < -0.39 is 0 Å². The predicted octanol–water partition coefficient (Wildman–Crippen LogP) is 2.06. The molecule has 1 saturated carbocycles. The van der Waals surface area contributed by atoms with Crippen LogP contribution in [-0.4, -0.2) is 19.0 Å². The summed E-state index contributed by atoms with van der Waals surface area (Å²) >= 11 is 0. The Labute approximate surface area is 99.2 Å². The van der Waals surface area contributed by atoms with Crippen molar-refractivity contribution in [2.24, 2.45) is 17.1 Å². The van der Waals surface area contributed by atoms with Gasteiger partial charge < -0.3 is 11.1 Å². The number of rotatable bonds is 7. The summed E-state index contributed by atoms with van der Waals surface area (Å²) in [6.45, 7) is 5.69. The number of nitrogens with two attached hydrogens (primary N) is 1. The van der Waals surface area contributed by atoms with E-state index in [2.05, 4.69) is 19.2 Å². The Kier molecular flexibility index (Phi) is 5.26. The van der Waals surface area contributed by atoms with E-state index in [0.717, 1.165) is 25.8 Å². The molecule has 0 radical (unpaired) electrons. The van der Waals surface area contributed by atoms with Gasteiger partial charge in [-0.25, -0.2) is 0 Å². The zero-order valence-corrected chi connectivity index (χ0v) is 10.7. The molecule has 3 nitrogen and oxygen atoms in total. The van der Waals surface area contributed by atoms with Gasteiger partial charge in [0.1, 0.15) is 0 Å². The van der Waals surface area contributed by atoms with Crippen LogP contribution in [0.3, 0.4) is 0 Å². The van der Waals surface area contributed by atoms with Gasteiger partial charge in [-0.05, 0) is 25.2 Å². The summed E-state index contributed by atoms with van der Waals surface area (Å²) in [7, 11) is 0. The third-order valence-electron chi connectivity index (χ3n) is 3.67. The van der Waals surface area contributed by atoms with Crippen molar-refractivity contribution in [2.45, 2.75) is 52.4 Å². The van der Waals surface area contributed by atoms with Crippen LogP contribution in [0.25, 0.3) is 0 Å². The van der Waals surface area contributed by atoms with Crippen molar-refractivity contribution in [3.63, 3.8) is 0 Å². The summed E-state index contributed by atoms with van der Waals surface area (Å²) in [5, 5.41) is 3.04. The third-order valence-corrected chi connectivity index (χ3v) is 3.67. The predicted molar refractivity (Wildman–Crippen MR) is 67.0 cm³/mol. The van der Waals surface area contributed by atoms with Gasteiger partial charge in [0.25, 0.3) is 0 Å². The van der Waals surface area contributed by atoms with Gasteiger partial charge >= 0.3 is 0 Å². The van der Waals surface area contributed by atoms with Crippen molar-refractivity contribution in [1.82, 2.24) is 5.32 Å². The maximum atomic E-state index is 12.0. The van der Waals surface area contributed by atoms with Crippen molar-refractivity contribution < 1.29 is 4.79 Å². The van der Waals surface area contributed by atoms with E-state index in [0.29, 0.717) is 12.5 Å². The second-order valence-corrected chi connectivity index (χ2v) is 5.31. The van der Waals surface area contributed by atoms with Crippen LogP contribution in [0, 0.1) is 11.3 Å². The molecule has 0 spiro atoms. The zero-order valence-electron chi connectivity index (χ0n) is 10.7. The van der Waals surface area contributed by atoms with E-state index in [4.69, 9.17) is 5.73 Å². The second-order valence-electron chi connectivity index (χ2n) is 5.31. The molecule has 1 fully saturated rings. The van der Waals surface area contributed by atoms with Crippen LogP contribution in [0.1, 0.15) is 52.4 Å². The largest absolute Gasteiger partial charge is 0.356 e. The summed E-state index contributed by atoms with van der Waals surface area (Å²) in [6.07, 6.45) is 6.72. The van der Waals surface area contributed by atoms with Crippen molar-refractivity contribution in [3.8, 4) is 0 Å². The molecule has 16 heavy (non-hydrogen) atoms. The van der Waals surface area contributed by atoms with Crippen LogP contribution in [0.2, 0.25) is 0 Å². The standard InChI is InChI=1S/C13H26N2O/c1-3-4-5-6-7-15-12(16)13(10-14)8-11(2)9-13/h11H,3-10,14H2,1-2H3,(H,15,16). The Bertz CT molecular complexity index is 222. The van der Waals surface area contributed by atoms with Gasteiger partial charge in [-0.2, -0.15) is 0 Å². The summed E-state index contributed by atoms with van der Waals surface area (Å²) < 4.78 is 0. The number of amides is 1. The van der Waals surface area contributed by atoms with Gasteiger partial charge in [0.05, 0.1) is 5.41 Å². The first-order valence-electron chi connectivity index (χ1n) is 6.63. The van der Waals surface area contributed by atoms with Gasteiger partial charge in [0.15, 0.2) is 0 Å². The Morgan fingerprint density at radius 1 is 1.38 bits per heavy atom. The summed E-state index contributed by atoms with van der Waals surface area (Å²) in [4.78, 5) is 12.0. The smallest absolute Gasteiger partial charge is 0.227 e. The second kappa shape index (κ2) is 6.24. The van der Waals surface area contributed by atoms with Gasteiger partial charge in [-0.15, -0.1) is 0 Å². The highest BCUT2D eigenvalue weighted by molar-refractivity contribution is 5.83. The topological polar surface area (TPSA) is 55.1 Å². The minimum atomic E-state index is -0.232. The third kappa shape index (κ3) is 3.21. The normalized spacial score (nSPS) is 28.6. The van der Waals surface area contributed by atoms with Gasteiger partial charge in [-0.1, -0.05) is 33.1 Å². The first-order chi connectivity index (χ1) is 7.64. The van der Waals surface area contributed by atoms with Gasteiger partial charge in [0, 0.05) is 13.1 Å². The van der Waals surface area contributed by atoms with Crippen LogP contribution in [0.4, 0.5) is 0 Å². The molecule has 3 heteroatoms. The van der Waals surface area contributed by atoms with Crippen LogP contribution >= 0.6 is 0 Å². The molecule has 0 heterocycles. The molecule has 94 valence electrons. The minimum absolute atomic E-state index is 0.185. The van der Waals surface area contributed by atoms with Crippen molar-refractivity contribution in [1.29, 1.82) is 0 Å². The number of carbonyl (C=O) groups excluding carboxylic acids is 1. The van der Waals surface area contributed by atoms with Crippen molar-refractivity contribution in [3.05, 3.63) is 0 Å². The number of hydrogen-bond donors (Lipinski definition) is 2. The highest BCUT2D eigenvalue weighted by Gasteiger charge is 2.46. The highest BCUT2D eigenvalue weighted by atomic mass is 16.2. The molecular formula is C13H26N2O. The quantitative estimate of drug-likeness (QED) is 0.653. The fourth-order valence-corrected chi connectivity index (χ4v) is 2.66. The van der Waals surface area contributed by atoms with E-state index in [1.165, 1.54) is 19.3 Å². The Hall–Kier alpha value is -0.570. The fourth-order valence-electron chi connectivity index (χ4n) is 2.66. The van der Waals surface area contributed by atoms with Crippen LogP contribution in [-0.2, 0) is 4.79 Å². The first-order valence-corrected chi connectivity index (χ1v) is 6.63. The molecule has 0 unspecified atom stereocenters. The zero-order chi connectivity index (χ0) is 12.0.